The lowest BCUT2D eigenvalue weighted by Crippen LogP contribution is -2.24. The second-order valence-corrected chi connectivity index (χ2v) is 3.06. The van der Waals surface area contributed by atoms with E-state index in [4.69, 9.17) is 0 Å². The van der Waals surface area contributed by atoms with Crippen LogP contribution in [0.25, 0.3) is 0 Å². The van der Waals surface area contributed by atoms with E-state index in [0.29, 0.717) is 6.42 Å². The van der Waals surface area contributed by atoms with Crippen LogP contribution < -0.4 is 5.32 Å². The molecule has 0 atom stereocenters. The summed E-state index contributed by atoms with van der Waals surface area (Å²) in [7, 11) is 2.01. The topological polar surface area (TPSA) is 34.0 Å². The lowest BCUT2D eigenvalue weighted by molar-refractivity contribution is -0.120. The first kappa shape index (κ1) is 9.84. The van der Waals surface area contributed by atoms with Crippen LogP contribution in [0.1, 0.15) is 19.0 Å². The SMILES string of the molecule is CCC(=O)NCCc1cccn1C. The summed E-state index contributed by atoms with van der Waals surface area (Å²) in [6.45, 7) is 2.59. The zero-order valence-electron chi connectivity index (χ0n) is 8.21. The summed E-state index contributed by atoms with van der Waals surface area (Å²) < 4.78 is 2.07. The number of carbonyl (C=O) groups excluding carboxylic acids is 1. The first-order chi connectivity index (χ1) is 6.24. The van der Waals surface area contributed by atoms with Crippen LogP contribution in [0, 0.1) is 0 Å². The summed E-state index contributed by atoms with van der Waals surface area (Å²) in [5, 5.41) is 2.85. The van der Waals surface area contributed by atoms with Gasteiger partial charge in [0.2, 0.25) is 5.91 Å². The molecule has 3 nitrogen and oxygen atoms in total. The Kier molecular flexibility index (Phi) is 3.55. The average molecular weight is 180 g/mol. The highest BCUT2D eigenvalue weighted by Gasteiger charge is 1.98. The minimum Gasteiger partial charge on any atom is -0.356 e. The van der Waals surface area contributed by atoms with Crippen molar-refractivity contribution in [2.45, 2.75) is 19.8 Å². The number of rotatable bonds is 4. The molecular formula is C10H16N2O. The minimum absolute atomic E-state index is 0.120. The van der Waals surface area contributed by atoms with Crippen molar-refractivity contribution in [3.8, 4) is 0 Å². The van der Waals surface area contributed by atoms with E-state index in [2.05, 4.69) is 16.0 Å². The van der Waals surface area contributed by atoms with Crippen LogP contribution >= 0.6 is 0 Å². The van der Waals surface area contributed by atoms with E-state index in [-0.39, 0.29) is 5.91 Å². The number of aromatic nitrogens is 1. The Labute approximate surface area is 78.8 Å². The largest absolute Gasteiger partial charge is 0.356 e. The fraction of sp³-hybridized carbons (Fsp3) is 0.500. The minimum atomic E-state index is 0.120. The molecule has 0 aliphatic carbocycles. The quantitative estimate of drug-likeness (QED) is 0.739. The van der Waals surface area contributed by atoms with Gasteiger partial charge in [-0.3, -0.25) is 4.79 Å². The third-order valence-corrected chi connectivity index (χ3v) is 2.08. The smallest absolute Gasteiger partial charge is 0.219 e. The Hall–Kier alpha value is -1.25. The van der Waals surface area contributed by atoms with Crippen molar-refractivity contribution < 1.29 is 4.79 Å². The van der Waals surface area contributed by atoms with Gasteiger partial charge in [-0.05, 0) is 12.1 Å². The fourth-order valence-corrected chi connectivity index (χ4v) is 1.21. The van der Waals surface area contributed by atoms with Gasteiger partial charge in [-0.25, -0.2) is 0 Å². The summed E-state index contributed by atoms with van der Waals surface area (Å²) in [5.74, 6) is 0.120. The van der Waals surface area contributed by atoms with Crippen molar-refractivity contribution in [1.82, 2.24) is 9.88 Å². The monoisotopic (exact) mass is 180 g/mol. The zero-order chi connectivity index (χ0) is 9.68. The predicted molar refractivity (Wildman–Crippen MR) is 52.4 cm³/mol. The number of hydrogen-bond donors (Lipinski definition) is 1. The molecule has 0 unspecified atom stereocenters. The van der Waals surface area contributed by atoms with E-state index in [1.165, 1.54) is 5.69 Å². The summed E-state index contributed by atoms with van der Waals surface area (Å²) >= 11 is 0. The second-order valence-electron chi connectivity index (χ2n) is 3.06. The van der Waals surface area contributed by atoms with Gasteiger partial charge in [-0.2, -0.15) is 0 Å². The number of nitrogens with one attached hydrogen (secondary N) is 1. The third kappa shape index (κ3) is 2.93. The molecule has 0 saturated carbocycles. The van der Waals surface area contributed by atoms with Crippen molar-refractivity contribution in [1.29, 1.82) is 0 Å². The molecule has 0 aromatic carbocycles. The molecule has 0 aliphatic rings. The summed E-state index contributed by atoms with van der Waals surface area (Å²) in [6, 6.07) is 4.08. The molecule has 0 spiro atoms. The Morgan fingerprint density at radius 3 is 2.92 bits per heavy atom. The van der Waals surface area contributed by atoms with E-state index in [1.807, 2.05) is 26.2 Å². The number of hydrogen-bond acceptors (Lipinski definition) is 1. The van der Waals surface area contributed by atoms with Crippen molar-refractivity contribution in [2.75, 3.05) is 6.54 Å². The predicted octanol–water partition coefficient (Wildman–Crippen LogP) is 1.09. The van der Waals surface area contributed by atoms with E-state index in [9.17, 15) is 4.79 Å². The fourth-order valence-electron chi connectivity index (χ4n) is 1.21. The van der Waals surface area contributed by atoms with Crippen LogP contribution in [0.4, 0.5) is 0 Å². The molecule has 0 fully saturated rings. The molecule has 13 heavy (non-hydrogen) atoms. The molecule has 0 aliphatic heterocycles. The molecular weight excluding hydrogens is 164 g/mol. The Bertz CT molecular complexity index is 278. The highest BCUT2D eigenvalue weighted by Crippen LogP contribution is 1.99. The summed E-state index contributed by atoms with van der Waals surface area (Å²) in [5.41, 5.74) is 1.25. The molecule has 72 valence electrons. The standard InChI is InChI=1S/C10H16N2O/c1-3-10(13)11-7-6-9-5-4-8-12(9)2/h4-5,8H,3,6-7H2,1-2H3,(H,11,13). The highest BCUT2D eigenvalue weighted by molar-refractivity contribution is 5.75. The van der Waals surface area contributed by atoms with Gasteiger partial charge >= 0.3 is 0 Å². The van der Waals surface area contributed by atoms with Crippen molar-refractivity contribution in [2.24, 2.45) is 7.05 Å². The number of nitrogens with zero attached hydrogens (tertiary/aromatic N) is 1. The molecule has 3 heteroatoms. The van der Waals surface area contributed by atoms with Gasteiger partial charge in [0.15, 0.2) is 0 Å². The average Bonchev–Trinajstić information content (AvgIpc) is 2.52. The molecule has 1 aromatic rings. The van der Waals surface area contributed by atoms with Gasteiger partial charge in [0, 0.05) is 38.3 Å². The van der Waals surface area contributed by atoms with Crippen molar-refractivity contribution in [3.63, 3.8) is 0 Å². The number of aryl methyl sites for hydroxylation is 1. The Morgan fingerprint density at radius 1 is 1.62 bits per heavy atom. The van der Waals surface area contributed by atoms with Crippen LogP contribution in [-0.4, -0.2) is 17.0 Å². The molecule has 1 heterocycles. The maximum Gasteiger partial charge on any atom is 0.219 e. The van der Waals surface area contributed by atoms with Gasteiger partial charge in [-0.15, -0.1) is 0 Å². The molecule has 1 amide bonds. The summed E-state index contributed by atoms with van der Waals surface area (Å²) in [4.78, 5) is 10.9. The van der Waals surface area contributed by atoms with E-state index >= 15 is 0 Å². The van der Waals surface area contributed by atoms with E-state index < -0.39 is 0 Å². The number of amides is 1. The van der Waals surface area contributed by atoms with Gasteiger partial charge in [0.05, 0.1) is 0 Å². The van der Waals surface area contributed by atoms with Crippen LogP contribution in [0.5, 0.6) is 0 Å². The lowest BCUT2D eigenvalue weighted by atomic mass is 10.3. The Morgan fingerprint density at radius 2 is 2.38 bits per heavy atom. The lowest BCUT2D eigenvalue weighted by Gasteiger charge is -2.04. The van der Waals surface area contributed by atoms with Crippen LogP contribution in [-0.2, 0) is 18.3 Å². The maximum atomic E-state index is 10.9. The number of carbonyl (C=O) groups is 1. The van der Waals surface area contributed by atoms with E-state index in [0.717, 1.165) is 13.0 Å². The van der Waals surface area contributed by atoms with Crippen molar-refractivity contribution in [3.05, 3.63) is 24.0 Å². The molecule has 0 saturated heterocycles. The Balaban J connectivity index is 2.28. The summed E-state index contributed by atoms with van der Waals surface area (Å²) in [6.07, 6.45) is 3.47. The van der Waals surface area contributed by atoms with Gasteiger partial charge < -0.3 is 9.88 Å². The van der Waals surface area contributed by atoms with E-state index in [1.54, 1.807) is 0 Å². The second kappa shape index (κ2) is 4.70. The molecule has 1 rings (SSSR count). The zero-order valence-corrected chi connectivity index (χ0v) is 8.21. The van der Waals surface area contributed by atoms with Gasteiger partial charge in [0.1, 0.15) is 0 Å². The first-order valence-electron chi connectivity index (χ1n) is 4.61. The molecule has 0 bridgehead atoms. The molecule has 1 aromatic heterocycles. The van der Waals surface area contributed by atoms with Crippen LogP contribution in [0.15, 0.2) is 18.3 Å². The highest BCUT2D eigenvalue weighted by atomic mass is 16.1. The molecule has 0 radical (unpaired) electrons. The van der Waals surface area contributed by atoms with Crippen LogP contribution in [0.2, 0.25) is 0 Å². The van der Waals surface area contributed by atoms with Crippen LogP contribution in [0.3, 0.4) is 0 Å². The normalized spacial score (nSPS) is 10.0. The van der Waals surface area contributed by atoms with Gasteiger partial charge in [0.25, 0.3) is 0 Å². The first-order valence-corrected chi connectivity index (χ1v) is 4.61. The molecule has 1 N–H and O–H groups in total. The van der Waals surface area contributed by atoms with Gasteiger partial charge in [-0.1, -0.05) is 6.92 Å². The third-order valence-electron chi connectivity index (χ3n) is 2.08. The maximum absolute atomic E-state index is 10.9. The van der Waals surface area contributed by atoms with Crippen molar-refractivity contribution >= 4 is 5.91 Å².